The van der Waals surface area contributed by atoms with Gasteiger partial charge in [0.15, 0.2) is 0 Å². The number of rotatable bonds is 9. The highest BCUT2D eigenvalue weighted by atomic mass is 16.5. The monoisotopic (exact) mass is 260 g/mol. The topological polar surface area (TPSA) is 87.7 Å². The molecule has 1 atom stereocenters. The van der Waals surface area contributed by atoms with Crippen LogP contribution >= 0.6 is 0 Å². The number of ether oxygens (including phenoxy) is 1. The van der Waals surface area contributed by atoms with E-state index in [1.54, 1.807) is 0 Å². The van der Waals surface area contributed by atoms with Crippen LogP contribution in [0.2, 0.25) is 0 Å². The summed E-state index contributed by atoms with van der Waals surface area (Å²) in [6.07, 6.45) is 0.813. The molecule has 18 heavy (non-hydrogen) atoms. The first-order chi connectivity index (χ1) is 8.47. The van der Waals surface area contributed by atoms with Gasteiger partial charge in [-0.2, -0.15) is 0 Å². The van der Waals surface area contributed by atoms with Crippen molar-refractivity contribution in [1.29, 1.82) is 0 Å². The molecule has 0 aliphatic heterocycles. The van der Waals surface area contributed by atoms with Gasteiger partial charge in [-0.25, -0.2) is 4.79 Å². The zero-order valence-electron chi connectivity index (χ0n) is 11.4. The van der Waals surface area contributed by atoms with Crippen LogP contribution < -0.4 is 10.6 Å². The average molecular weight is 260 g/mol. The second kappa shape index (κ2) is 9.70. The van der Waals surface area contributed by atoms with Crippen LogP contribution in [0, 0.1) is 5.92 Å². The molecule has 0 aromatic rings. The Hall–Kier alpha value is -1.30. The Morgan fingerprint density at radius 3 is 2.33 bits per heavy atom. The van der Waals surface area contributed by atoms with Crippen molar-refractivity contribution in [2.24, 2.45) is 5.92 Å². The molecule has 0 fully saturated rings. The van der Waals surface area contributed by atoms with E-state index in [0.717, 1.165) is 6.42 Å². The highest BCUT2D eigenvalue weighted by Gasteiger charge is 2.13. The summed E-state index contributed by atoms with van der Waals surface area (Å²) < 4.78 is 5.55. The zero-order chi connectivity index (χ0) is 14.0. The summed E-state index contributed by atoms with van der Waals surface area (Å²) in [5.74, 6) is -0.520. The molecule has 3 N–H and O–H groups in total. The van der Waals surface area contributed by atoms with E-state index in [0.29, 0.717) is 19.1 Å². The van der Waals surface area contributed by atoms with Gasteiger partial charge < -0.3 is 20.5 Å². The Labute approximate surface area is 108 Å². The molecular weight excluding hydrogens is 236 g/mol. The first-order valence-electron chi connectivity index (χ1n) is 6.32. The maximum Gasteiger partial charge on any atom is 0.314 e. The molecule has 0 rings (SSSR count). The normalized spacial score (nSPS) is 12.2. The van der Waals surface area contributed by atoms with E-state index < -0.39 is 5.97 Å². The van der Waals surface area contributed by atoms with Crippen LogP contribution in [-0.2, 0) is 9.53 Å². The van der Waals surface area contributed by atoms with Crippen LogP contribution in [-0.4, -0.2) is 42.9 Å². The predicted octanol–water partition coefficient (Wildman–Crippen LogP) is 1.21. The standard InChI is InChI=1S/C12H24N2O4/c1-4-18-10(9(2)3)5-7-13-12(17)14-8-6-11(15)16/h9-10H,4-8H2,1-3H3,(H,15,16)(H2,13,14,17). The maximum absolute atomic E-state index is 11.3. The van der Waals surface area contributed by atoms with E-state index in [4.69, 9.17) is 9.84 Å². The van der Waals surface area contributed by atoms with Gasteiger partial charge in [0, 0.05) is 19.7 Å². The Morgan fingerprint density at radius 1 is 1.22 bits per heavy atom. The molecule has 0 aliphatic carbocycles. The van der Waals surface area contributed by atoms with Crippen LogP contribution in [0.25, 0.3) is 0 Å². The van der Waals surface area contributed by atoms with Crippen LogP contribution in [0.4, 0.5) is 4.79 Å². The fourth-order valence-corrected chi connectivity index (χ4v) is 1.50. The average Bonchev–Trinajstić information content (AvgIpc) is 2.27. The molecule has 0 aromatic carbocycles. The predicted molar refractivity (Wildman–Crippen MR) is 68.5 cm³/mol. The Balaban J connectivity index is 3.68. The van der Waals surface area contributed by atoms with Gasteiger partial charge in [-0.05, 0) is 19.3 Å². The fraction of sp³-hybridized carbons (Fsp3) is 0.833. The van der Waals surface area contributed by atoms with Crippen molar-refractivity contribution in [2.45, 2.75) is 39.7 Å². The van der Waals surface area contributed by atoms with E-state index >= 15 is 0 Å². The highest BCUT2D eigenvalue weighted by Crippen LogP contribution is 2.09. The van der Waals surface area contributed by atoms with Crippen molar-refractivity contribution in [3.8, 4) is 0 Å². The van der Waals surface area contributed by atoms with Crippen LogP contribution in [0.5, 0.6) is 0 Å². The van der Waals surface area contributed by atoms with Crippen molar-refractivity contribution < 1.29 is 19.4 Å². The van der Waals surface area contributed by atoms with Gasteiger partial charge in [0.2, 0.25) is 0 Å². The van der Waals surface area contributed by atoms with Gasteiger partial charge in [-0.15, -0.1) is 0 Å². The number of carbonyl (C=O) groups is 2. The highest BCUT2D eigenvalue weighted by molar-refractivity contribution is 5.74. The molecular formula is C12H24N2O4. The molecule has 0 aromatic heterocycles. The lowest BCUT2D eigenvalue weighted by Crippen LogP contribution is -2.38. The number of carbonyl (C=O) groups excluding carboxylic acids is 1. The maximum atomic E-state index is 11.3. The van der Waals surface area contributed by atoms with Gasteiger partial charge in [0.05, 0.1) is 12.5 Å². The van der Waals surface area contributed by atoms with E-state index in [2.05, 4.69) is 24.5 Å². The lowest BCUT2D eigenvalue weighted by Gasteiger charge is -2.20. The Kier molecular flexibility index (Phi) is 9.00. The quantitative estimate of drug-likeness (QED) is 0.581. The first-order valence-corrected chi connectivity index (χ1v) is 6.32. The number of amides is 2. The minimum absolute atomic E-state index is 0.0685. The Morgan fingerprint density at radius 2 is 1.83 bits per heavy atom. The SMILES string of the molecule is CCOC(CCNC(=O)NCCC(=O)O)C(C)C. The van der Waals surface area contributed by atoms with Gasteiger partial charge in [-0.1, -0.05) is 13.8 Å². The molecule has 0 heterocycles. The Bertz CT molecular complexity index is 256. The van der Waals surface area contributed by atoms with Crippen molar-refractivity contribution in [3.05, 3.63) is 0 Å². The molecule has 0 aliphatic rings. The lowest BCUT2D eigenvalue weighted by atomic mass is 10.0. The summed E-state index contributed by atoms with van der Waals surface area (Å²) in [6.45, 7) is 7.41. The number of nitrogens with one attached hydrogen (secondary N) is 2. The number of hydrogen-bond donors (Lipinski definition) is 3. The molecule has 106 valence electrons. The summed E-state index contributed by atoms with van der Waals surface area (Å²) >= 11 is 0. The second-order valence-corrected chi connectivity index (χ2v) is 4.35. The smallest absolute Gasteiger partial charge is 0.314 e. The summed E-state index contributed by atoms with van der Waals surface area (Å²) in [7, 11) is 0. The number of hydrogen-bond acceptors (Lipinski definition) is 3. The third-order valence-corrected chi connectivity index (χ3v) is 2.46. The van der Waals surface area contributed by atoms with E-state index in [1.807, 2.05) is 6.92 Å². The minimum atomic E-state index is -0.925. The molecule has 6 nitrogen and oxygen atoms in total. The number of aliphatic carboxylic acids is 1. The molecule has 0 bridgehead atoms. The summed E-state index contributed by atoms with van der Waals surface area (Å²) in [5, 5.41) is 13.6. The summed E-state index contributed by atoms with van der Waals surface area (Å²) in [5.41, 5.74) is 0. The van der Waals surface area contributed by atoms with Gasteiger partial charge in [-0.3, -0.25) is 4.79 Å². The molecule has 0 spiro atoms. The van der Waals surface area contributed by atoms with E-state index in [-0.39, 0.29) is 25.1 Å². The summed E-state index contributed by atoms with van der Waals surface area (Å²) in [4.78, 5) is 21.5. The van der Waals surface area contributed by atoms with Crippen molar-refractivity contribution >= 4 is 12.0 Å². The van der Waals surface area contributed by atoms with Gasteiger partial charge in [0.1, 0.15) is 0 Å². The number of carboxylic acid groups (broad SMARTS) is 1. The van der Waals surface area contributed by atoms with Crippen molar-refractivity contribution in [2.75, 3.05) is 19.7 Å². The molecule has 0 radical (unpaired) electrons. The molecule has 1 unspecified atom stereocenters. The summed E-state index contributed by atoms with van der Waals surface area (Å²) in [6, 6.07) is -0.338. The van der Waals surface area contributed by atoms with Crippen LogP contribution in [0.1, 0.15) is 33.6 Å². The lowest BCUT2D eigenvalue weighted by molar-refractivity contribution is -0.136. The fourth-order valence-electron chi connectivity index (χ4n) is 1.50. The van der Waals surface area contributed by atoms with Crippen LogP contribution in [0.15, 0.2) is 0 Å². The van der Waals surface area contributed by atoms with E-state index in [9.17, 15) is 9.59 Å². The third kappa shape index (κ3) is 8.81. The number of urea groups is 1. The zero-order valence-corrected chi connectivity index (χ0v) is 11.4. The number of carboxylic acids is 1. The third-order valence-electron chi connectivity index (χ3n) is 2.46. The molecule has 2 amide bonds. The first kappa shape index (κ1) is 16.7. The largest absolute Gasteiger partial charge is 0.481 e. The second-order valence-electron chi connectivity index (χ2n) is 4.35. The molecule has 0 saturated heterocycles. The van der Waals surface area contributed by atoms with Crippen LogP contribution in [0.3, 0.4) is 0 Å². The molecule has 0 saturated carbocycles. The van der Waals surface area contributed by atoms with Gasteiger partial charge >= 0.3 is 12.0 Å². The van der Waals surface area contributed by atoms with Crippen molar-refractivity contribution in [3.63, 3.8) is 0 Å². The minimum Gasteiger partial charge on any atom is -0.481 e. The molecule has 6 heteroatoms. The van der Waals surface area contributed by atoms with Gasteiger partial charge in [0.25, 0.3) is 0 Å². The van der Waals surface area contributed by atoms with Crippen molar-refractivity contribution in [1.82, 2.24) is 10.6 Å². The van der Waals surface area contributed by atoms with E-state index in [1.165, 1.54) is 0 Å².